The first-order valence-electron chi connectivity index (χ1n) is 9.84. The first-order chi connectivity index (χ1) is 13.0. The van der Waals surface area contributed by atoms with E-state index in [2.05, 4.69) is 49.9 Å². The number of nitrogens with one attached hydrogen (secondary N) is 3. The molecule has 0 aliphatic heterocycles. The van der Waals surface area contributed by atoms with Gasteiger partial charge in [0.05, 0.1) is 11.6 Å². The van der Waals surface area contributed by atoms with E-state index in [1.54, 1.807) is 17.2 Å². The maximum Gasteiger partial charge on any atom is 0.191 e. The van der Waals surface area contributed by atoms with Crippen LogP contribution in [-0.2, 0) is 7.05 Å². The number of anilines is 1. The Labute approximate surface area is 184 Å². The second kappa shape index (κ2) is 10.2. The quantitative estimate of drug-likeness (QED) is 0.224. The SMILES string of the molecule is CN=C(NCCNc1ncnc2c1cnn2C)NCC1(CC(C)C)CCC1.I. The summed E-state index contributed by atoms with van der Waals surface area (Å²) in [6.07, 6.45) is 8.64. The van der Waals surface area contributed by atoms with Gasteiger partial charge in [0.2, 0.25) is 0 Å². The fraction of sp³-hybridized carbons (Fsp3) is 0.684. The van der Waals surface area contributed by atoms with E-state index < -0.39 is 0 Å². The van der Waals surface area contributed by atoms with Gasteiger partial charge in [-0.1, -0.05) is 20.3 Å². The molecule has 9 heteroatoms. The largest absolute Gasteiger partial charge is 0.368 e. The monoisotopic (exact) mass is 500 g/mol. The molecule has 2 aromatic heterocycles. The van der Waals surface area contributed by atoms with Crippen LogP contribution in [0.5, 0.6) is 0 Å². The molecule has 3 rings (SSSR count). The Morgan fingerprint density at radius 1 is 1.25 bits per heavy atom. The Kier molecular flexibility index (Phi) is 8.26. The van der Waals surface area contributed by atoms with Gasteiger partial charge in [0.25, 0.3) is 0 Å². The first-order valence-corrected chi connectivity index (χ1v) is 9.84. The number of hydrogen-bond acceptors (Lipinski definition) is 5. The highest BCUT2D eigenvalue weighted by atomic mass is 127. The number of fused-ring (bicyclic) bond motifs is 1. The van der Waals surface area contributed by atoms with Crippen molar-refractivity contribution in [1.82, 2.24) is 30.4 Å². The maximum absolute atomic E-state index is 4.35. The van der Waals surface area contributed by atoms with E-state index in [-0.39, 0.29) is 24.0 Å². The molecule has 0 saturated heterocycles. The van der Waals surface area contributed by atoms with Crippen LogP contribution in [0.25, 0.3) is 11.0 Å². The van der Waals surface area contributed by atoms with Crippen molar-refractivity contribution in [1.29, 1.82) is 0 Å². The zero-order valence-electron chi connectivity index (χ0n) is 17.3. The second-order valence-corrected chi connectivity index (χ2v) is 7.96. The van der Waals surface area contributed by atoms with Crippen molar-refractivity contribution in [3.8, 4) is 0 Å². The van der Waals surface area contributed by atoms with Crippen LogP contribution >= 0.6 is 24.0 Å². The van der Waals surface area contributed by atoms with Crippen molar-refractivity contribution in [2.45, 2.75) is 39.5 Å². The van der Waals surface area contributed by atoms with Crippen LogP contribution in [0.3, 0.4) is 0 Å². The van der Waals surface area contributed by atoms with Crippen molar-refractivity contribution in [2.75, 3.05) is 32.0 Å². The number of rotatable bonds is 8. The van der Waals surface area contributed by atoms with Crippen molar-refractivity contribution >= 4 is 46.8 Å². The summed E-state index contributed by atoms with van der Waals surface area (Å²) in [5.74, 6) is 2.41. The highest BCUT2D eigenvalue weighted by Crippen LogP contribution is 2.45. The summed E-state index contributed by atoms with van der Waals surface area (Å²) in [7, 11) is 3.70. The molecule has 1 aliphatic rings. The summed E-state index contributed by atoms with van der Waals surface area (Å²) in [5, 5.41) is 15.4. The van der Waals surface area contributed by atoms with Gasteiger partial charge in [0.1, 0.15) is 12.1 Å². The Bertz CT molecular complexity index is 781. The molecule has 0 spiro atoms. The van der Waals surface area contributed by atoms with E-state index in [0.717, 1.165) is 48.4 Å². The van der Waals surface area contributed by atoms with Gasteiger partial charge < -0.3 is 16.0 Å². The highest BCUT2D eigenvalue weighted by molar-refractivity contribution is 14.0. The Balaban J connectivity index is 0.00000280. The molecule has 1 saturated carbocycles. The summed E-state index contributed by atoms with van der Waals surface area (Å²) in [6.45, 7) is 7.11. The van der Waals surface area contributed by atoms with Crippen molar-refractivity contribution in [3.63, 3.8) is 0 Å². The molecule has 1 fully saturated rings. The third kappa shape index (κ3) is 5.45. The zero-order valence-corrected chi connectivity index (χ0v) is 19.7. The summed E-state index contributed by atoms with van der Waals surface area (Å²) in [5.41, 5.74) is 1.28. The van der Waals surface area contributed by atoms with E-state index in [4.69, 9.17) is 0 Å². The Morgan fingerprint density at radius 3 is 2.68 bits per heavy atom. The number of aliphatic imine (C=N–C) groups is 1. The zero-order chi connectivity index (χ0) is 19.3. The molecule has 0 aromatic carbocycles. The molecule has 1 aliphatic carbocycles. The summed E-state index contributed by atoms with van der Waals surface area (Å²) >= 11 is 0. The molecule has 0 bridgehead atoms. The smallest absolute Gasteiger partial charge is 0.191 e. The number of aryl methyl sites for hydroxylation is 1. The van der Waals surface area contributed by atoms with Gasteiger partial charge in [-0.25, -0.2) is 9.97 Å². The van der Waals surface area contributed by atoms with E-state index in [1.807, 2.05) is 14.1 Å². The van der Waals surface area contributed by atoms with E-state index >= 15 is 0 Å². The lowest BCUT2D eigenvalue weighted by Crippen LogP contribution is -2.47. The van der Waals surface area contributed by atoms with Crippen LogP contribution in [0.15, 0.2) is 17.5 Å². The van der Waals surface area contributed by atoms with Crippen LogP contribution in [0, 0.1) is 11.3 Å². The lowest BCUT2D eigenvalue weighted by molar-refractivity contribution is 0.104. The number of aromatic nitrogens is 4. The lowest BCUT2D eigenvalue weighted by atomic mass is 9.64. The molecule has 3 N–H and O–H groups in total. The molecule has 156 valence electrons. The Hall–Kier alpha value is -1.65. The van der Waals surface area contributed by atoms with Crippen molar-refractivity contribution < 1.29 is 0 Å². The fourth-order valence-corrected chi connectivity index (χ4v) is 3.95. The van der Waals surface area contributed by atoms with Crippen LogP contribution in [-0.4, -0.2) is 52.4 Å². The summed E-state index contributed by atoms with van der Waals surface area (Å²) in [6, 6.07) is 0. The predicted octanol–water partition coefficient (Wildman–Crippen LogP) is 2.77. The number of guanidine groups is 1. The third-order valence-electron chi connectivity index (χ3n) is 5.35. The molecule has 2 aromatic rings. The normalized spacial score (nSPS) is 15.8. The number of hydrogen-bond donors (Lipinski definition) is 3. The van der Waals surface area contributed by atoms with Gasteiger partial charge >= 0.3 is 0 Å². The average molecular weight is 500 g/mol. The number of nitrogens with zero attached hydrogens (tertiary/aromatic N) is 5. The molecule has 28 heavy (non-hydrogen) atoms. The molecule has 0 amide bonds. The summed E-state index contributed by atoms with van der Waals surface area (Å²) < 4.78 is 1.75. The lowest BCUT2D eigenvalue weighted by Gasteiger charge is -2.43. The molecule has 8 nitrogen and oxygen atoms in total. The first kappa shape index (κ1) is 22.6. The molecule has 0 radical (unpaired) electrons. The van der Waals surface area contributed by atoms with Gasteiger partial charge in [-0.3, -0.25) is 9.67 Å². The van der Waals surface area contributed by atoms with Crippen LogP contribution < -0.4 is 16.0 Å². The van der Waals surface area contributed by atoms with Crippen molar-refractivity contribution in [3.05, 3.63) is 12.5 Å². The second-order valence-electron chi connectivity index (χ2n) is 7.96. The summed E-state index contributed by atoms with van der Waals surface area (Å²) in [4.78, 5) is 12.9. The minimum Gasteiger partial charge on any atom is -0.368 e. The van der Waals surface area contributed by atoms with Gasteiger partial charge in [-0.2, -0.15) is 5.10 Å². The fourth-order valence-electron chi connectivity index (χ4n) is 3.95. The predicted molar refractivity (Wildman–Crippen MR) is 125 cm³/mol. The molecular formula is C19H33IN8. The molecule has 2 heterocycles. The van der Waals surface area contributed by atoms with Crippen LogP contribution in [0.4, 0.5) is 5.82 Å². The van der Waals surface area contributed by atoms with Gasteiger partial charge in [0.15, 0.2) is 11.6 Å². The minimum absolute atomic E-state index is 0. The molecular weight excluding hydrogens is 467 g/mol. The molecule has 0 unspecified atom stereocenters. The topological polar surface area (TPSA) is 92.1 Å². The van der Waals surface area contributed by atoms with Gasteiger partial charge in [-0.05, 0) is 30.6 Å². The molecule has 0 atom stereocenters. The standard InChI is InChI=1S/C19H32N8.HI/c1-14(2)10-19(6-5-7-19)12-23-18(20-3)22-9-8-21-16-15-11-26-27(4)17(15)25-13-24-16;/h11,13-14H,5-10,12H2,1-4H3,(H2,20,22,23)(H,21,24,25);1H. The third-order valence-corrected chi connectivity index (χ3v) is 5.35. The van der Waals surface area contributed by atoms with Crippen LogP contribution in [0.1, 0.15) is 39.5 Å². The van der Waals surface area contributed by atoms with Gasteiger partial charge in [0, 0.05) is 33.7 Å². The van der Waals surface area contributed by atoms with E-state index in [9.17, 15) is 0 Å². The minimum atomic E-state index is 0. The number of halogens is 1. The van der Waals surface area contributed by atoms with E-state index in [1.165, 1.54) is 25.7 Å². The maximum atomic E-state index is 4.35. The highest BCUT2D eigenvalue weighted by Gasteiger charge is 2.37. The van der Waals surface area contributed by atoms with Gasteiger partial charge in [-0.15, -0.1) is 24.0 Å². The van der Waals surface area contributed by atoms with Crippen molar-refractivity contribution in [2.24, 2.45) is 23.4 Å². The van der Waals surface area contributed by atoms with Crippen LogP contribution in [0.2, 0.25) is 0 Å². The van der Waals surface area contributed by atoms with E-state index in [0.29, 0.717) is 5.41 Å². The average Bonchev–Trinajstić information content (AvgIpc) is 3.00. The Morgan fingerprint density at radius 2 is 2.04 bits per heavy atom.